The van der Waals surface area contributed by atoms with Crippen molar-refractivity contribution < 1.29 is 9.59 Å². The van der Waals surface area contributed by atoms with Gasteiger partial charge in [-0.2, -0.15) is 0 Å². The minimum absolute atomic E-state index is 0.174. The molecule has 7 aromatic rings. The average molecular weight is 656 g/mol. The molecule has 0 atom stereocenters. The number of rotatable bonds is 6. The lowest BCUT2D eigenvalue weighted by atomic mass is 9.93. The number of hydrogen-bond acceptors (Lipinski definition) is 3. The first-order chi connectivity index (χ1) is 25.0. The van der Waals surface area contributed by atoms with Crippen LogP contribution in [0.1, 0.15) is 55.0 Å². The predicted molar refractivity (Wildman–Crippen MR) is 214 cm³/mol. The second-order valence-corrected chi connectivity index (χ2v) is 13.3. The third-order valence-corrected chi connectivity index (χ3v) is 10.3. The Bertz CT molecular complexity index is 2680. The molecule has 0 amide bonds. The first kappa shape index (κ1) is 30.5. The first-order valence-electron chi connectivity index (χ1n) is 17.3. The van der Waals surface area contributed by atoms with Crippen LogP contribution in [0, 0.1) is 0 Å². The van der Waals surface area contributed by atoms with Gasteiger partial charge in [0.05, 0.1) is 5.57 Å². The van der Waals surface area contributed by atoms with Crippen LogP contribution in [-0.4, -0.2) is 11.6 Å². The van der Waals surface area contributed by atoms with Gasteiger partial charge in [0.25, 0.3) is 0 Å². The quantitative estimate of drug-likeness (QED) is 0.132. The van der Waals surface area contributed by atoms with Crippen LogP contribution < -0.4 is 4.90 Å². The molecule has 242 valence electrons. The normalized spacial score (nSPS) is 13.5. The van der Waals surface area contributed by atoms with Crippen LogP contribution in [-0.2, 0) is 6.42 Å². The molecule has 7 aromatic carbocycles. The van der Waals surface area contributed by atoms with Crippen LogP contribution in [0.15, 0.2) is 146 Å². The van der Waals surface area contributed by atoms with Crippen molar-refractivity contribution in [2.24, 2.45) is 0 Å². The molecule has 0 fully saturated rings. The second kappa shape index (κ2) is 12.1. The smallest absolute Gasteiger partial charge is 0.197 e. The summed E-state index contributed by atoms with van der Waals surface area (Å²) in [5, 5.41) is 6.90. The van der Waals surface area contributed by atoms with Crippen molar-refractivity contribution in [1.82, 2.24) is 0 Å². The number of Topliss-reactive ketones (excluding diaryl/α,β-unsaturated/α-hetero) is 2. The van der Waals surface area contributed by atoms with Crippen LogP contribution in [0.5, 0.6) is 0 Å². The molecule has 51 heavy (non-hydrogen) atoms. The lowest BCUT2D eigenvalue weighted by Crippen LogP contribution is -2.10. The molecule has 3 heteroatoms. The summed E-state index contributed by atoms with van der Waals surface area (Å²) in [7, 11) is 0. The van der Waals surface area contributed by atoms with E-state index in [1.165, 1.54) is 32.7 Å². The predicted octanol–water partition coefficient (Wildman–Crippen LogP) is 12.3. The van der Waals surface area contributed by atoms with Crippen molar-refractivity contribution in [2.75, 3.05) is 4.90 Å². The molecule has 0 saturated carbocycles. The molecule has 9 rings (SSSR count). The van der Waals surface area contributed by atoms with Gasteiger partial charge in [-0.25, -0.2) is 0 Å². The van der Waals surface area contributed by atoms with Gasteiger partial charge in [0, 0.05) is 28.2 Å². The highest BCUT2D eigenvalue weighted by Gasteiger charge is 2.33. The fourth-order valence-electron chi connectivity index (χ4n) is 7.61. The summed E-state index contributed by atoms with van der Waals surface area (Å²) in [6.45, 7) is 7.70. The summed E-state index contributed by atoms with van der Waals surface area (Å²) in [6, 6.07) is 42.5. The van der Waals surface area contributed by atoms with E-state index in [2.05, 4.69) is 127 Å². The molecule has 0 spiro atoms. The number of allylic oxidation sites excluding steroid dienone is 2. The minimum atomic E-state index is -0.262. The van der Waals surface area contributed by atoms with E-state index >= 15 is 0 Å². The number of ketones is 2. The third kappa shape index (κ3) is 5.22. The van der Waals surface area contributed by atoms with E-state index in [9.17, 15) is 9.59 Å². The zero-order chi connectivity index (χ0) is 34.6. The Kier molecular flexibility index (Phi) is 7.22. The van der Waals surface area contributed by atoms with Crippen LogP contribution in [0.25, 0.3) is 56.6 Å². The van der Waals surface area contributed by atoms with Crippen molar-refractivity contribution in [3.63, 3.8) is 0 Å². The number of carbonyl (C=O) groups is 2. The Morgan fingerprint density at radius 1 is 0.549 bits per heavy atom. The number of carbonyl (C=O) groups excluding carboxylic acids is 2. The molecule has 0 saturated heterocycles. The standard InChI is InChI=1S/C48H33NO2/c1-3-31-28-44-45(29-32(31)4-2)48(51)46(47(44)50)22-30-13-14-39-26-42(19-16-37(39)21-30)49(41-18-15-33-9-5-6-12-36(33)25-41)43-20-17-38-23-34-10-7-8-11-35(34)24-40(38)27-43/h3-6,8-9,11-29H,1-2,7,10H2. The molecule has 0 unspecified atom stereocenters. The minimum Gasteiger partial charge on any atom is -0.310 e. The number of hydrogen-bond donors (Lipinski definition) is 0. The van der Waals surface area contributed by atoms with Gasteiger partial charge in [-0.15, -0.1) is 0 Å². The van der Waals surface area contributed by atoms with Gasteiger partial charge in [-0.3, -0.25) is 9.59 Å². The van der Waals surface area contributed by atoms with Gasteiger partial charge in [0.1, 0.15) is 0 Å². The lowest BCUT2D eigenvalue weighted by Gasteiger charge is -2.27. The Labute approximate surface area is 296 Å². The SMILES string of the molecule is C=Cc1cc2c(cc1C=C)C(=O)C(=Cc1ccc3cc(N(c4ccc5ccccc5c4)c4ccc5cc6c(cc5c4)C=CCC6)ccc3c1)C2=O. The first-order valence-corrected chi connectivity index (χ1v) is 17.3. The van der Waals surface area contributed by atoms with Crippen LogP contribution in [0.4, 0.5) is 17.1 Å². The third-order valence-electron chi connectivity index (χ3n) is 10.3. The monoisotopic (exact) mass is 655 g/mol. The summed E-state index contributed by atoms with van der Waals surface area (Å²) >= 11 is 0. The molecule has 0 radical (unpaired) electrons. The van der Waals surface area contributed by atoms with E-state index in [-0.39, 0.29) is 17.1 Å². The molecule has 0 aliphatic heterocycles. The topological polar surface area (TPSA) is 37.4 Å². The van der Waals surface area contributed by atoms with Gasteiger partial charge >= 0.3 is 0 Å². The highest BCUT2D eigenvalue weighted by Crippen LogP contribution is 2.40. The van der Waals surface area contributed by atoms with Crippen molar-refractivity contribution in [3.8, 4) is 0 Å². The maximum Gasteiger partial charge on any atom is 0.197 e. The van der Waals surface area contributed by atoms with E-state index in [0.717, 1.165) is 57.4 Å². The highest BCUT2D eigenvalue weighted by molar-refractivity contribution is 6.41. The van der Waals surface area contributed by atoms with Crippen molar-refractivity contribution in [3.05, 3.63) is 185 Å². The van der Waals surface area contributed by atoms with Crippen molar-refractivity contribution in [2.45, 2.75) is 12.8 Å². The number of benzene rings is 7. The summed E-state index contributed by atoms with van der Waals surface area (Å²) in [4.78, 5) is 29.1. The number of anilines is 3. The summed E-state index contributed by atoms with van der Waals surface area (Å²) in [6.07, 6.45) is 11.7. The maximum absolute atomic E-state index is 13.4. The Hall–Kier alpha value is -6.58. The van der Waals surface area contributed by atoms with Gasteiger partial charge in [-0.1, -0.05) is 98.1 Å². The van der Waals surface area contributed by atoms with Crippen molar-refractivity contribution in [1.29, 1.82) is 0 Å². The molecule has 0 heterocycles. The zero-order valence-electron chi connectivity index (χ0n) is 28.0. The highest BCUT2D eigenvalue weighted by atomic mass is 16.2. The lowest BCUT2D eigenvalue weighted by molar-refractivity contribution is 0.0990. The van der Waals surface area contributed by atoms with Gasteiger partial charge in [0.2, 0.25) is 0 Å². The van der Waals surface area contributed by atoms with Gasteiger partial charge in [-0.05, 0) is 140 Å². The Morgan fingerprint density at radius 3 is 1.76 bits per heavy atom. The molecule has 2 aliphatic rings. The number of nitrogens with zero attached hydrogens (tertiary/aromatic N) is 1. The van der Waals surface area contributed by atoms with E-state index in [1.54, 1.807) is 30.4 Å². The van der Waals surface area contributed by atoms with Crippen LogP contribution in [0.3, 0.4) is 0 Å². The Morgan fingerprint density at radius 2 is 1.10 bits per heavy atom. The fourth-order valence-corrected chi connectivity index (χ4v) is 7.61. The van der Waals surface area contributed by atoms with E-state index < -0.39 is 0 Å². The van der Waals surface area contributed by atoms with Crippen LogP contribution in [0.2, 0.25) is 0 Å². The maximum atomic E-state index is 13.4. The van der Waals surface area contributed by atoms with E-state index in [4.69, 9.17) is 0 Å². The molecule has 3 nitrogen and oxygen atoms in total. The average Bonchev–Trinajstić information content (AvgIpc) is 3.40. The molecule has 0 aromatic heterocycles. The largest absolute Gasteiger partial charge is 0.310 e. The van der Waals surface area contributed by atoms with E-state index in [1.807, 2.05) is 12.1 Å². The van der Waals surface area contributed by atoms with Gasteiger partial charge < -0.3 is 4.90 Å². The summed E-state index contributed by atoms with van der Waals surface area (Å²) in [5.41, 5.74) is 9.25. The summed E-state index contributed by atoms with van der Waals surface area (Å²) < 4.78 is 0. The molecular weight excluding hydrogens is 623 g/mol. The molecule has 0 N–H and O–H groups in total. The molecule has 2 aliphatic carbocycles. The van der Waals surface area contributed by atoms with Crippen LogP contribution >= 0.6 is 0 Å². The summed E-state index contributed by atoms with van der Waals surface area (Å²) in [5.74, 6) is -0.524. The zero-order valence-corrected chi connectivity index (χ0v) is 28.0. The number of aryl methyl sites for hydroxylation is 1. The second-order valence-electron chi connectivity index (χ2n) is 13.3. The van der Waals surface area contributed by atoms with Crippen molar-refractivity contribution >= 4 is 85.3 Å². The molecular formula is C48H33NO2. The van der Waals surface area contributed by atoms with Gasteiger partial charge in [0.15, 0.2) is 11.6 Å². The van der Waals surface area contributed by atoms with E-state index in [0.29, 0.717) is 11.1 Å². The molecule has 0 bridgehead atoms. The fraction of sp³-hybridized carbons (Fsp3) is 0.0417. The number of fused-ring (bicyclic) bond motifs is 5. The Balaban J connectivity index is 1.12.